The molecular weight excluding hydrogens is 264 g/mol. The van der Waals surface area contributed by atoms with Crippen molar-refractivity contribution in [1.29, 1.82) is 0 Å². The molecular formula is C17H12N2O2. The first kappa shape index (κ1) is 11.9. The topological polar surface area (TPSA) is 48.2 Å². The predicted molar refractivity (Wildman–Crippen MR) is 81.3 cm³/mol. The van der Waals surface area contributed by atoms with E-state index in [1.165, 1.54) is 0 Å². The quantitative estimate of drug-likeness (QED) is 0.554. The van der Waals surface area contributed by atoms with Crippen LogP contribution in [0.5, 0.6) is 5.75 Å². The van der Waals surface area contributed by atoms with E-state index >= 15 is 0 Å². The number of rotatable bonds is 2. The summed E-state index contributed by atoms with van der Waals surface area (Å²) >= 11 is 0. The first-order chi connectivity index (χ1) is 10.4. The number of ether oxygens (including phenoxy) is 1. The van der Waals surface area contributed by atoms with Gasteiger partial charge in [-0.25, -0.2) is 0 Å². The molecule has 0 saturated heterocycles. The highest BCUT2D eigenvalue weighted by molar-refractivity contribution is 6.08. The van der Waals surface area contributed by atoms with E-state index in [9.17, 15) is 0 Å². The van der Waals surface area contributed by atoms with Crippen LogP contribution in [0, 0.1) is 0 Å². The van der Waals surface area contributed by atoms with Crippen molar-refractivity contribution in [1.82, 2.24) is 10.2 Å². The van der Waals surface area contributed by atoms with Crippen molar-refractivity contribution < 1.29 is 9.15 Å². The van der Waals surface area contributed by atoms with Gasteiger partial charge in [0.1, 0.15) is 17.0 Å². The van der Waals surface area contributed by atoms with Crippen molar-refractivity contribution in [2.24, 2.45) is 0 Å². The molecule has 0 fully saturated rings. The Bertz CT molecular complexity index is 926. The molecule has 0 aliphatic rings. The summed E-state index contributed by atoms with van der Waals surface area (Å²) in [5.74, 6) is 0.809. The maximum Gasteiger partial charge on any atom is 0.165 e. The molecule has 4 nitrogen and oxygen atoms in total. The zero-order valence-electron chi connectivity index (χ0n) is 11.4. The fourth-order valence-corrected chi connectivity index (χ4v) is 2.50. The summed E-state index contributed by atoms with van der Waals surface area (Å²) < 4.78 is 11.1. The van der Waals surface area contributed by atoms with Gasteiger partial charge in [-0.1, -0.05) is 18.2 Å². The van der Waals surface area contributed by atoms with Gasteiger partial charge in [-0.05, 0) is 30.3 Å². The monoisotopic (exact) mass is 276 g/mol. The summed E-state index contributed by atoms with van der Waals surface area (Å²) in [5.41, 5.74) is 3.30. The molecule has 0 spiro atoms. The van der Waals surface area contributed by atoms with Crippen LogP contribution in [0.3, 0.4) is 0 Å². The summed E-state index contributed by atoms with van der Waals surface area (Å²) in [6.07, 6.45) is 1.74. The second-order valence-electron chi connectivity index (χ2n) is 4.76. The predicted octanol–water partition coefficient (Wildman–Crippen LogP) is 4.05. The van der Waals surface area contributed by atoms with E-state index < -0.39 is 0 Å². The van der Waals surface area contributed by atoms with Crippen LogP contribution in [0.2, 0.25) is 0 Å². The third kappa shape index (κ3) is 1.84. The average Bonchev–Trinajstić information content (AvgIpc) is 2.94. The number of nitrogens with zero attached hydrogens (tertiary/aromatic N) is 2. The van der Waals surface area contributed by atoms with Gasteiger partial charge < -0.3 is 9.15 Å². The number of benzene rings is 2. The summed E-state index contributed by atoms with van der Waals surface area (Å²) in [6, 6.07) is 15.6. The molecule has 0 N–H and O–H groups in total. The molecule has 0 aliphatic carbocycles. The fourth-order valence-electron chi connectivity index (χ4n) is 2.50. The molecule has 0 saturated carbocycles. The van der Waals surface area contributed by atoms with E-state index in [0.717, 1.165) is 38.9 Å². The van der Waals surface area contributed by atoms with E-state index in [-0.39, 0.29) is 0 Å². The maximum absolute atomic E-state index is 5.96. The van der Waals surface area contributed by atoms with Gasteiger partial charge in [0, 0.05) is 10.9 Å². The Morgan fingerprint density at radius 1 is 0.952 bits per heavy atom. The van der Waals surface area contributed by atoms with Gasteiger partial charge in [0.2, 0.25) is 0 Å². The van der Waals surface area contributed by atoms with Gasteiger partial charge in [0.15, 0.2) is 5.58 Å². The van der Waals surface area contributed by atoms with Crippen molar-refractivity contribution in [2.75, 3.05) is 7.11 Å². The normalized spacial score (nSPS) is 11.1. The van der Waals surface area contributed by atoms with Crippen molar-refractivity contribution in [2.45, 2.75) is 0 Å². The van der Waals surface area contributed by atoms with Crippen LogP contribution in [0.4, 0.5) is 0 Å². The molecule has 4 aromatic rings. The minimum Gasteiger partial charge on any atom is -0.497 e. The Balaban J connectivity index is 1.99. The molecule has 21 heavy (non-hydrogen) atoms. The smallest absolute Gasteiger partial charge is 0.165 e. The number of para-hydroxylation sites is 1. The van der Waals surface area contributed by atoms with Crippen LogP contribution in [0.1, 0.15) is 0 Å². The third-order valence-electron chi connectivity index (χ3n) is 3.56. The standard InChI is InChI=1S/C17H12N2O2/c1-20-12-8-6-11(7-9-12)16-17-14(10-18-19-16)13-4-2-3-5-15(13)21-17/h2-10H,1H3. The largest absolute Gasteiger partial charge is 0.497 e. The van der Waals surface area contributed by atoms with E-state index in [1.54, 1.807) is 13.3 Å². The van der Waals surface area contributed by atoms with Crippen LogP contribution in [-0.2, 0) is 0 Å². The maximum atomic E-state index is 5.96. The lowest BCUT2D eigenvalue weighted by molar-refractivity contribution is 0.415. The average molecular weight is 276 g/mol. The first-order valence-corrected chi connectivity index (χ1v) is 6.64. The third-order valence-corrected chi connectivity index (χ3v) is 3.56. The molecule has 0 atom stereocenters. The Hall–Kier alpha value is -2.88. The zero-order valence-corrected chi connectivity index (χ0v) is 11.4. The molecule has 4 heteroatoms. The van der Waals surface area contributed by atoms with E-state index in [1.807, 2.05) is 48.5 Å². The first-order valence-electron chi connectivity index (χ1n) is 6.64. The van der Waals surface area contributed by atoms with Gasteiger partial charge in [-0.15, -0.1) is 5.10 Å². The minimum atomic E-state index is 0.742. The second-order valence-corrected chi connectivity index (χ2v) is 4.76. The fraction of sp³-hybridized carbons (Fsp3) is 0.0588. The summed E-state index contributed by atoms with van der Waals surface area (Å²) in [7, 11) is 1.65. The molecule has 0 aliphatic heterocycles. The Morgan fingerprint density at radius 2 is 1.76 bits per heavy atom. The van der Waals surface area contributed by atoms with Crippen LogP contribution < -0.4 is 4.74 Å². The van der Waals surface area contributed by atoms with Crippen molar-refractivity contribution in [3.8, 4) is 17.0 Å². The lowest BCUT2D eigenvalue weighted by Crippen LogP contribution is -1.88. The molecule has 2 aromatic heterocycles. The lowest BCUT2D eigenvalue weighted by Gasteiger charge is -2.02. The van der Waals surface area contributed by atoms with Gasteiger partial charge in [-0.2, -0.15) is 5.10 Å². The van der Waals surface area contributed by atoms with Gasteiger partial charge in [0.05, 0.1) is 18.7 Å². The molecule has 4 rings (SSSR count). The van der Waals surface area contributed by atoms with Crippen molar-refractivity contribution >= 4 is 21.9 Å². The number of fused-ring (bicyclic) bond motifs is 3. The highest BCUT2D eigenvalue weighted by Gasteiger charge is 2.13. The number of aromatic nitrogens is 2. The van der Waals surface area contributed by atoms with Gasteiger partial charge in [0.25, 0.3) is 0 Å². The van der Waals surface area contributed by atoms with Gasteiger partial charge >= 0.3 is 0 Å². The molecule has 0 radical (unpaired) electrons. The van der Waals surface area contributed by atoms with E-state index in [4.69, 9.17) is 9.15 Å². The molecule has 0 unspecified atom stereocenters. The van der Waals surface area contributed by atoms with Crippen LogP contribution >= 0.6 is 0 Å². The van der Waals surface area contributed by atoms with Crippen LogP contribution in [-0.4, -0.2) is 17.3 Å². The number of hydrogen-bond donors (Lipinski definition) is 0. The van der Waals surface area contributed by atoms with Gasteiger partial charge in [-0.3, -0.25) is 0 Å². The summed E-state index contributed by atoms with van der Waals surface area (Å²) in [4.78, 5) is 0. The molecule has 0 amide bonds. The van der Waals surface area contributed by atoms with E-state index in [0.29, 0.717) is 0 Å². The second kappa shape index (κ2) is 4.59. The van der Waals surface area contributed by atoms with Crippen molar-refractivity contribution in [3.05, 3.63) is 54.7 Å². The highest BCUT2D eigenvalue weighted by Crippen LogP contribution is 2.33. The van der Waals surface area contributed by atoms with Crippen LogP contribution in [0.25, 0.3) is 33.2 Å². The Labute approximate surface area is 121 Å². The molecule has 2 aromatic carbocycles. The summed E-state index contributed by atoms with van der Waals surface area (Å²) in [6.45, 7) is 0. The van der Waals surface area contributed by atoms with E-state index in [2.05, 4.69) is 10.2 Å². The lowest BCUT2D eigenvalue weighted by atomic mass is 10.1. The molecule has 102 valence electrons. The Kier molecular flexibility index (Phi) is 2.60. The number of hydrogen-bond acceptors (Lipinski definition) is 4. The molecule has 2 heterocycles. The Morgan fingerprint density at radius 3 is 2.57 bits per heavy atom. The van der Waals surface area contributed by atoms with Crippen LogP contribution in [0.15, 0.2) is 59.1 Å². The number of methoxy groups -OCH3 is 1. The van der Waals surface area contributed by atoms with Crippen molar-refractivity contribution in [3.63, 3.8) is 0 Å². The molecule has 0 bridgehead atoms. The number of furan rings is 1. The zero-order chi connectivity index (χ0) is 14.2. The summed E-state index contributed by atoms with van der Waals surface area (Å²) in [5, 5.41) is 10.4. The SMILES string of the molecule is COc1ccc(-c2nncc3c2oc2ccccc23)cc1. The highest BCUT2D eigenvalue weighted by atomic mass is 16.5. The minimum absolute atomic E-state index is 0.742.